The van der Waals surface area contributed by atoms with Gasteiger partial charge in [0.2, 0.25) is 0 Å². The van der Waals surface area contributed by atoms with Crippen LogP contribution in [0.4, 0.5) is 0 Å². The third-order valence-corrected chi connectivity index (χ3v) is 7.06. The third-order valence-electron chi connectivity index (χ3n) is 7.06. The van der Waals surface area contributed by atoms with Crippen LogP contribution >= 0.6 is 0 Å². The number of ether oxygens (including phenoxy) is 3. The lowest BCUT2D eigenvalue weighted by molar-refractivity contribution is 0.0586. The zero-order chi connectivity index (χ0) is 23.1. The molecule has 1 aliphatic heterocycles. The first-order chi connectivity index (χ1) is 16.0. The van der Waals surface area contributed by atoms with E-state index in [0.29, 0.717) is 6.54 Å². The molecule has 3 aromatic carbocycles. The maximum atomic E-state index is 13.8. The zero-order valence-electron chi connectivity index (χ0n) is 19.6. The molecular formula is C28H29NO4. The van der Waals surface area contributed by atoms with Crippen molar-refractivity contribution in [3.8, 4) is 17.2 Å². The molecule has 0 saturated carbocycles. The van der Waals surface area contributed by atoms with Gasteiger partial charge < -0.3 is 19.1 Å². The van der Waals surface area contributed by atoms with Gasteiger partial charge in [-0.25, -0.2) is 0 Å². The van der Waals surface area contributed by atoms with E-state index >= 15 is 0 Å². The van der Waals surface area contributed by atoms with Gasteiger partial charge in [-0.05, 0) is 65.8 Å². The average Bonchev–Trinajstić information content (AvgIpc) is 2.85. The minimum Gasteiger partial charge on any atom is -0.496 e. The standard InChI is InChI=1S/C28H29NO4/c1-17-12-21-22(15-24(17)31-2)28(30)29(16-18-8-6-5-7-9-18)23-11-10-19-13-25(32-3)26(33-4)14-20(19)27(21)23/h5-9,12-15,23,27H,10-11,16H2,1-4H3. The van der Waals surface area contributed by atoms with Crippen LogP contribution in [0.3, 0.4) is 0 Å². The molecule has 0 spiro atoms. The van der Waals surface area contributed by atoms with Crippen molar-refractivity contribution in [1.82, 2.24) is 4.90 Å². The first-order valence-corrected chi connectivity index (χ1v) is 11.3. The lowest BCUT2D eigenvalue weighted by Crippen LogP contribution is -2.49. The van der Waals surface area contributed by atoms with E-state index < -0.39 is 0 Å². The normalized spacial score (nSPS) is 18.8. The van der Waals surface area contributed by atoms with Crippen molar-refractivity contribution in [2.24, 2.45) is 0 Å². The molecule has 170 valence electrons. The number of amides is 1. The van der Waals surface area contributed by atoms with Gasteiger partial charge in [-0.2, -0.15) is 0 Å². The molecule has 0 radical (unpaired) electrons. The van der Waals surface area contributed by atoms with Crippen LogP contribution in [0.2, 0.25) is 0 Å². The summed E-state index contributed by atoms with van der Waals surface area (Å²) in [4.78, 5) is 15.9. The summed E-state index contributed by atoms with van der Waals surface area (Å²) in [6.45, 7) is 2.62. The number of benzene rings is 3. The average molecular weight is 444 g/mol. The number of rotatable bonds is 5. The number of carbonyl (C=O) groups is 1. The molecule has 0 saturated heterocycles. The van der Waals surface area contributed by atoms with E-state index in [-0.39, 0.29) is 17.9 Å². The van der Waals surface area contributed by atoms with Crippen LogP contribution in [0, 0.1) is 6.92 Å². The van der Waals surface area contributed by atoms with E-state index in [2.05, 4.69) is 35.2 Å². The molecule has 0 fully saturated rings. The number of aryl methyl sites for hydroxylation is 2. The Morgan fingerprint density at radius 1 is 0.879 bits per heavy atom. The van der Waals surface area contributed by atoms with Gasteiger partial charge in [-0.15, -0.1) is 0 Å². The van der Waals surface area contributed by atoms with E-state index in [0.717, 1.165) is 52.3 Å². The maximum absolute atomic E-state index is 13.8. The summed E-state index contributed by atoms with van der Waals surface area (Å²) in [5.74, 6) is 2.33. The van der Waals surface area contributed by atoms with Crippen LogP contribution in [-0.2, 0) is 13.0 Å². The Labute approximate surface area is 194 Å². The molecule has 3 aromatic rings. The largest absolute Gasteiger partial charge is 0.496 e. The minimum atomic E-state index is 0.0644. The Bertz CT molecular complexity index is 1200. The minimum absolute atomic E-state index is 0.0644. The lowest BCUT2D eigenvalue weighted by atomic mass is 9.70. The van der Waals surface area contributed by atoms with Crippen molar-refractivity contribution in [1.29, 1.82) is 0 Å². The molecule has 2 aliphatic rings. The van der Waals surface area contributed by atoms with Crippen LogP contribution in [0.1, 0.15) is 50.5 Å². The second kappa shape index (κ2) is 8.47. The summed E-state index contributed by atoms with van der Waals surface area (Å²) in [6, 6.07) is 18.5. The predicted molar refractivity (Wildman–Crippen MR) is 128 cm³/mol. The second-order valence-corrected chi connectivity index (χ2v) is 8.82. The molecule has 5 rings (SSSR count). The molecule has 2 unspecified atom stereocenters. The molecule has 1 heterocycles. The molecular weight excluding hydrogens is 414 g/mol. The van der Waals surface area contributed by atoms with Gasteiger partial charge in [-0.1, -0.05) is 36.4 Å². The Balaban J connectivity index is 1.70. The fraction of sp³-hybridized carbons (Fsp3) is 0.321. The number of hydrogen-bond acceptors (Lipinski definition) is 4. The van der Waals surface area contributed by atoms with E-state index in [9.17, 15) is 4.79 Å². The van der Waals surface area contributed by atoms with Gasteiger partial charge in [0.25, 0.3) is 5.91 Å². The summed E-state index contributed by atoms with van der Waals surface area (Å²) in [5, 5.41) is 0. The van der Waals surface area contributed by atoms with E-state index in [1.807, 2.05) is 31.2 Å². The Kier molecular flexibility index (Phi) is 5.49. The molecule has 2 atom stereocenters. The predicted octanol–water partition coefficient (Wildman–Crippen LogP) is 5.12. The van der Waals surface area contributed by atoms with Crippen LogP contribution in [-0.4, -0.2) is 38.2 Å². The highest BCUT2D eigenvalue weighted by atomic mass is 16.5. The van der Waals surface area contributed by atoms with E-state index in [1.54, 1.807) is 21.3 Å². The number of carbonyl (C=O) groups excluding carboxylic acids is 1. The lowest BCUT2D eigenvalue weighted by Gasteiger charge is -2.46. The van der Waals surface area contributed by atoms with Crippen molar-refractivity contribution in [3.63, 3.8) is 0 Å². The van der Waals surface area contributed by atoms with Gasteiger partial charge in [0, 0.05) is 24.1 Å². The fourth-order valence-electron chi connectivity index (χ4n) is 5.48. The molecule has 5 nitrogen and oxygen atoms in total. The van der Waals surface area contributed by atoms with Gasteiger partial charge in [0.1, 0.15) is 5.75 Å². The molecule has 33 heavy (non-hydrogen) atoms. The summed E-state index contributed by atoms with van der Waals surface area (Å²) in [5.41, 5.74) is 6.41. The van der Waals surface area contributed by atoms with Crippen molar-refractivity contribution >= 4 is 5.91 Å². The molecule has 1 amide bonds. The van der Waals surface area contributed by atoms with Crippen LogP contribution in [0.5, 0.6) is 17.2 Å². The fourth-order valence-corrected chi connectivity index (χ4v) is 5.48. The molecule has 0 aromatic heterocycles. The monoisotopic (exact) mass is 443 g/mol. The Hall–Kier alpha value is -3.47. The van der Waals surface area contributed by atoms with Crippen molar-refractivity contribution in [3.05, 3.63) is 88.0 Å². The molecule has 0 bridgehead atoms. The van der Waals surface area contributed by atoms with Gasteiger partial charge in [-0.3, -0.25) is 4.79 Å². The summed E-state index contributed by atoms with van der Waals surface area (Å²) < 4.78 is 16.8. The highest BCUT2D eigenvalue weighted by Gasteiger charge is 2.44. The third kappa shape index (κ3) is 3.52. The van der Waals surface area contributed by atoms with Crippen molar-refractivity contribution < 1.29 is 19.0 Å². The first kappa shape index (κ1) is 21.4. The topological polar surface area (TPSA) is 48.0 Å². The van der Waals surface area contributed by atoms with Crippen LogP contribution < -0.4 is 14.2 Å². The Morgan fingerprint density at radius 3 is 2.27 bits per heavy atom. The zero-order valence-corrected chi connectivity index (χ0v) is 19.6. The smallest absolute Gasteiger partial charge is 0.254 e. The quantitative estimate of drug-likeness (QED) is 0.549. The van der Waals surface area contributed by atoms with E-state index in [4.69, 9.17) is 14.2 Å². The summed E-state index contributed by atoms with van der Waals surface area (Å²) in [7, 11) is 4.99. The molecule has 1 aliphatic carbocycles. The van der Waals surface area contributed by atoms with Gasteiger partial charge >= 0.3 is 0 Å². The van der Waals surface area contributed by atoms with Gasteiger partial charge in [0.05, 0.1) is 21.3 Å². The Morgan fingerprint density at radius 2 is 1.58 bits per heavy atom. The second-order valence-electron chi connectivity index (χ2n) is 8.82. The SMILES string of the molecule is COc1cc2c(cc1C)C1c3cc(OC)c(OC)cc3CCC1N(Cc1ccccc1)C2=O. The highest BCUT2D eigenvalue weighted by molar-refractivity contribution is 5.98. The van der Waals surface area contributed by atoms with Crippen molar-refractivity contribution in [2.75, 3.05) is 21.3 Å². The first-order valence-electron chi connectivity index (χ1n) is 11.3. The number of methoxy groups -OCH3 is 3. The molecule has 0 N–H and O–H groups in total. The number of nitrogens with zero attached hydrogens (tertiary/aromatic N) is 1. The van der Waals surface area contributed by atoms with Gasteiger partial charge in [0.15, 0.2) is 11.5 Å². The maximum Gasteiger partial charge on any atom is 0.254 e. The van der Waals surface area contributed by atoms with E-state index in [1.165, 1.54) is 11.1 Å². The van der Waals surface area contributed by atoms with Crippen molar-refractivity contribution in [2.45, 2.75) is 38.3 Å². The van der Waals surface area contributed by atoms with Crippen LogP contribution in [0.25, 0.3) is 0 Å². The van der Waals surface area contributed by atoms with Crippen LogP contribution in [0.15, 0.2) is 54.6 Å². The number of hydrogen-bond donors (Lipinski definition) is 0. The highest BCUT2D eigenvalue weighted by Crippen LogP contribution is 2.48. The summed E-state index contributed by atoms with van der Waals surface area (Å²) in [6.07, 6.45) is 1.79. The molecule has 5 heteroatoms. The summed E-state index contributed by atoms with van der Waals surface area (Å²) >= 11 is 0. The number of fused-ring (bicyclic) bond motifs is 5.